The van der Waals surface area contributed by atoms with Gasteiger partial charge in [0.15, 0.2) is 0 Å². The van der Waals surface area contributed by atoms with Gasteiger partial charge in [0.2, 0.25) is 5.91 Å². The summed E-state index contributed by atoms with van der Waals surface area (Å²) in [5, 5.41) is 0. The van der Waals surface area contributed by atoms with Gasteiger partial charge in [0.25, 0.3) is 0 Å². The molecule has 1 atom stereocenters. The normalized spacial score (nSPS) is 17.3. The number of carbonyl (C=O) groups is 2. The van der Waals surface area contributed by atoms with E-state index in [0.29, 0.717) is 25.3 Å². The highest BCUT2D eigenvalue weighted by atomic mass is 16.6. The van der Waals surface area contributed by atoms with E-state index in [4.69, 9.17) is 15.2 Å². The van der Waals surface area contributed by atoms with Crippen LogP contribution in [0.25, 0.3) is 0 Å². The predicted molar refractivity (Wildman–Crippen MR) is 96.6 cm³/mol. The van der Waals surface area contributed by atoms with Crippen molar-refractivity contribution in [3.63, 3.8) is 0 Å². The molecule has 0 bridgehead atoms. The lowest BCUT2D eigenvalue weighted by Crippen LogP contribution is -2.41. The predicted octanol–water partition coefficient (Wildman–Crippen LogP) is 2.36. The van der Waals surface area contributed by atoms with Crippen LogP contribution in [0.1, 0.15) is 43.0 Å². The number of esters is 1. The van der Waals surface area contributed by atoms with Crippen molar-refractivity contribution in [3.8, 4) is 0 Å². The van der Waals surface area contributed by atoms with E-state index in [1.165, 1.54) is 0 Å². The van der Waals surface area contributed by atoms with Gasteiger partial charge >= 0.3 is 5.97 Å². The second-order valence-electron chi connectivity index (χ2n) is 6.34. The van der Waals surface area contributed by atoms with Crippen molar-refractivity contribution in [1.82, 2.24) is 0 Å². The molecule has 1 unspecified atom stereocenters. The van der Waals surface area contributed by atoms with E-state index in [9.17, 15) is 9.59 Å². The highest BCUT2D eigenvalue weighted by Crippen LogP contribution is 2.23. The topological polar surface area (TPSA) is 81.9 Å². The minimum absolute atomic E-state index is 0.105. The quantitative estimate of drug-likeness (QED) is 0.547. The number of carbonyl (C=O) groups excluding carboxylic acids is 2. The number of piperidine rings is 1. The third-order valence-electron chi connectivity index (χ3n) is 4.39. The minimum Gasteiger partial charge on any atom is -0.460 e. The Labute approximate surface area is 149 Å². The number of unbranched alkanes of at least 4 members (excludes halogenated alkanes) is 1. The molecule has 1 aromatic rings. The van der Waals surface area contributed by atoms with Crippen LogP contribution < -0.4 is 10.6 Å². The lowest BCUT2D eigenvalue weighted by Gasteiger charge is -2.33. The maximum absolute atomic E-state index is 12.0. The molecule has 1 fully saturated rings. The molecule has 1 aliphatic rings. The van der Waals surface area contributed by atoms with Crippen LogP contribution in [-0.2, 0) is 14.3 Å². The number of nitrogens with zero attached hydrogens (tertiary/aromatic N) is 1. The molecule has 138 valence electrons. The number of nitrogens with two attached hydrogens (primary N) is 1. The Morgan fingerprint density at radius 3 is 2.64 bits per heavy atom. The molecular weight excluding hydrogens is 320 g/mol. The third-order valence-corrected chi connectivity index (χ3v) is 4.39. The lowest BCUT2D eigenvalue weighted by atomic mass is 9.97. The van der Waals surface area contributed by atoms with E-state index >= 15 is 0 Å². The first-order chi connectivity index (χ1) is 12.1. The lowest BCUT2D eigenvalue weighted by molar-refractivity contribution is -0.122. The van der Waals surface area contributed by atoms with Crippen LogP contribution in [-0.4, -0.2) is 44.8 Å². The van der Waals surface area contributed by atoms with Gasteiger partial charge in [-0.25, -0.2) is 4.79 Å². The molecule has 1 saturated heterocycles. The number of ether oxygens (including phenoxy) is 2. The first-order valence-electron chi connectivity index (χ1n) is 9.01. The van der Waals surface area contributed by atoms with Gasteiger partial charge < -0.3 is 20.1 Å². The monoisotopic (exact) mass is 348 g/mol. The van der Waals surface area contributed by atoms with E-state index in [0.717, 1.165) is 37.9 Å². The van der Waals surface area contributed by atoms with Crippen molar-refractivity contribution in [3.05, 3.63) is 29.8 Å². The van der Waals surface area contributed by atoms with Crippen LogP contribution in [0.3, 0.4) is 0 Å². The molecule has 25 heavy (non-hydrogen) atoms. The SMILES string of the molecule is CCCCOCCOC(=O)c1ccc(N2CCCC(C(N)=O)C2)cc1. The van der Waals surface area contributed by atoms with Crippen LogP contribution in [0.15, 0.2) is 24.3 Å². The van der Waals surface area contributed by atoms with Gasteiger partial charge in [0.05, 0.1) is 18.1 Å². The Kier molecular flexibility index (Phi) is 7.73. The molecule has 6 heteroatoms. The molecule has 2 N–H and O–H groups in total. The highest BCUT2D eigenvalue weighted by molar-refractivity contribution is 5.89. The summed E-state index contributed by atoms with van der Waals surface area (Å²) in [6, 6.07) is 7.28. The molecule has 6 nitrogen and oxygen atoms in total. The summed E-state index contributed by atoms with van der Waals surface area (Å²) < 4.78 is 10.6. The smallest absolute Gasteiger partial charge is 0.338 e. The summed E-state index contributed by atoms with van der Waals surface area (Å²) in [4.78, 5) is 25.5. The van der Waals surface area contributed by atoms with Crippen molar-refractivity contribution in [2.24, 2.45) is 11.7 Å². The van der Waals surface area contributed by atoms with Gasteiger partial charge in [-0.3, -0.25) is 4.79 Å². The fourth-order valence-corrected chi connectivity index (χ4v) is 2.88. The van der Waals surface area contributed by atoms with Gasteiger partial charge in [-0.15, -0.1) is 0 Å². The number of amides is 1. The Balaban J connectivity index is 1.80. The van der Waals surface area contributed by atoms with Gasteiger partial charge in [0.1, 0.15) is 6.61 Å². The van der Waals surface area contributed by atoms with Crippen molar-refractivity contribution < 1.29 is 19.1 Å². The van der Waals surface area contributed by atoms with Crippen LogP contribution >= 0.6 is 0 Å². The Bertz CT molecular complexity index is 559. The van der Waals surface area contributed by atoms with Crippen LogP contribution in [0.5, 0.6) is 0 Å². The van der Waals surface area contributed by atoms with Gasteiger partial charge in [-0.2, -0.15) is 0 Å². The van der Waals surface area contributed by atoms with Crippen molar-refractivity contribution in [1.29, 1.82) is 0 Å². The maximum Gasteiger partial charge on any atom is 0.338 e. The summed E-state index contributed by atoms with van der Waals surface area (Å²) >= 11 is 0. The molecule has 0 aromatic heterocycles. The fourth-order valence-electron chi connectivity index (χ4n) is 2.88. The number of hydrogen-bond donors (Lipinski definition) is 1. The van der Waals surface area contributed by atoms with Crippen molar-refractivity contribution in [2.75, 3.05) is 37.8 Å². The molecule has 2 rings (SSSR count). The third kappa shape index (κ3) is 6.05. The number of anilines is 1. The summed E-state index contributed by atoms with van der Waals surface area (Å²) in [5.74, 6) is -0.698. The molecule has 0 aliphatic carbocycles. The Hall–Kier alpha value is -2.08. The average Bonchev–Trinajstić information content (AvgIpc) is 2.64. The Morgan fingerprint density at radius 1 is 1.20 bits per heavy atom. The maximum atomic E-state index is 12.0. The molecule has 1 heterocycles. The first-order valence-corrected chi connectivity index (χ1v) is 9.01. The largest absolute Gasteiger partial charge is 0.460 e. The fraction of sp³-hybridized carbons (Fsp3) is 0.579. The van der Waals surface area contributed by atoms with E-state index in [1.807, 2.05) is 12.1 Å². The zero-order valence-electron chi connectivity index (χ0n) is 14.9. The summed E-state index contributed by atoms with van der Waals surface area (Å²) in [5.41, 5.74) is 6.92. The number of primary amides is 1. The molecule has 0 radical (unpaired) electrons. The van der Waals surface area contributed by atoms with Crippen molar-refractivity contribution in [2.45, 2.75) is 32.6 Å². The van der Waals surface area contributed by atoms with Gasteiger partial charge in [-0.1, -0.05) is 13.3 Å². The van der Waals surface area contributed by atoms with Crippen LogP contribution in [0.4, 0.5) is 5.69 Å². The summed E-state index contributed by atoms with van der Waals surface area (Å²) in [6.07, 6.45) is 3.89. The van der Waals surface area contributed by atoms with Crippen molar-refractivity contribution >= 4 is 17.6 Å². The van der Waals surface area contributed by atoms with Gasteiger partial charge in [-0.05, 0) is 43.5 Å². The van der Waals surface area contributed by atoms with E-state index in [1.54, 1.807) is 12.1 Å². The molecule has 1 aromatic carbocycles. The summed E-state index contributed by atoms with van der Waals surface area (Å²) in [6.45, 7) is 5.01. The average molecular weight is 348 g/mol. The number of hydrogen-bond acceptors (Lipinski definition) is 5. The second kappa shape index (κ2) is 10.0. The van der Waals surface area contributed by atoms with E-state index < -0.39 is 0 Å². The summed E-state index contributed by atoms with van der Waals surface area (Å²) in [7, 11) is 0. The first kappa shape index (κ1) is 19.2. The molecule has 1 amide bonds. The standard InChI is InChI=1S/C19H28N2O4/c1-2-3-11-24-12-13-25-19(23)15-6-8-17(9-7-15)21-10-4-5-16(14-21)18(20)22/h6-9,16H,2-5,10-14H2,1H3,(H2,20,22). The molecule has 1 aliphatic heterocycles. The van der Waals surface area contributed by atoms with Gasteiger partial charge in [0, 0.05) is 25.4 Å². The number of rotatable bonds is 9. The second-order valence-corrected chi connectivity index (χ2v) is 6.34. The molecule has 0 saturated carbocycles. The minimum atomic E-state index is -0.348. The Morgan fingerprint density at radius 2 is 1.96 bits per heavy atom. The number of benzene rings is 1. The van der Waals surface area contributed by atoms with E-state index in [-0.39, 0.29) is 24.4 Å². The molecular formula is C19H28N2O4. The molecule has 0 spiro atoms. The zero-order valence-corrected chi connectivity index (χ0v) is 14.9. The highest BCUT2D eigenvalue weighted by Gasteiger charge is 2.24. The van der Waals surface area contributed by atoms with Crippen LogP contribution in [0.2, 0.25) is 0 Å². The van der Waals surface area contributed by atoms with E-state index in [2.05, 4.69) is 11.8 Å². The van der Waals surface area contributed by atoms with Crippen LogP contribution in [0, 0.1) is 5.92 Å². The zero-order chi connectivity index (χ0) is 18.1.